The Hall–Kier alpha value is -1.95. The predicted molar refractivity (Wildman–Crippen MR) is 64.2 cm³/mol. The molecule has 0 aliphatic carbocycles. The second-order valence-electron chi connectivity index (χ2n) is 3.43. The van der Waals surface area contributed by atoms with Crippen LogP contribution in [0, 0.1) is 0 Å². The number of carboxylic acid groups (broad SMARTS) is 1. The largest absolute Gasteiger partial charge is 0.481 e. The zero-order chi connectivity index (χ0) is 12.3. The molecule has 0 aliphatic rings. The summed E-state index contributed by atoms with van der Waals surface area (Å²) in [6, 6.07) is 5.21. The molecule has 0 fully saturated rings. The van der Waals surface area contributed by atoms with Crippen molar-refractivity contribution < 1.29 is 14.7 Å². The van der Waals surface area contributed by atoms with Crippen molar-refractivity contribution in [1.29, 1.82) is 0 Å². The normalized spacial score (nSPS) is 10.4. The molecule has 17 heavy (non-hydrogen) atoms. The Bertz CT molecular complexity index is 565. The second kappa shape index (κ2) is 4.92. The Labute approximate surface area is 101 Å². The Balaban J connectivity index is 2.05. The van der Waals surface area contributed by atoms with Gasteiger partial charge in [0.05, 0.1) is 22.1 Å². The molecule has 1 amide bonds. The van der Waals surface area contributed by atoms with E-state index in [0.717, 1.165) is 10.2 Å². The highest BCUT2D eigenvalue weighted by atomic mass is 32.1. The topological polar surface area (TPSA) is 79.3 Å². The maximum Gasteiger partial charge on any atom is 0.305 e. The summed E-state index contributed by atoms with van der Waals surface area (Å²) in [5, 5.41) is 11.0. The molecule has 0 radical (unpaired) electrons. The van der Waals surface area contributed by atoms with Crippen LogP contribution in [0.25, 0.3) is 10.2 Å². The van der Waals surface area contributed by atoms with Gasteiger partial charge in [-0.05, 0) is 18.2 Å². The molecule has 1 aromatic carbocycles. The Morgan fingerprint density at radius 1 is 1.41 bits per heavy atom. The summed E-state index contributed by atoms with van der Waals surface area (Å²) in [7, 11) is 0. The van der Waals surface area contributed by atoms with Gasteiger partial charge in [0.15, 0.2) is 0 Å². The van der Waals surface area contributed by atoms with Crippen molar-refractivity contribution in [2.75, 3.05) is 6.54 Å². The van der Waals surface area contributed by atoms with Crippen LogP contribution in [-0.2, 0) is 4.79 Å². The fourth-order valence-electron chi connectivity index (χ4n) is 1.38. The number of fused-ring (bicyclic) bond motifs is 1. The van der Waals surface area contributed by atoms with E-state index in [0.29, 0.717) is 5.56 Å². The van der Waals surface area contributed by atoms with E-state index >= 15 is 0 Å². The number of amides is 1. The number of thiazole rings is 1. The molecule has 0 unspecified atom stereocenters. The number of aliphatic carboxylic acids is 1. The van der Waals surface area contributed by atoms with Crippen LogP contribution in [0.5, 0.6) is 0 Å². The number of aromatic nitrogens is 1. The van der Waals surface area contributed by atoms with Gasteiger partial charge in [-0.1, -0.05) is 0 Å². The highest BCUT2D eigenvalue weighted by Gasteiger charge is 2.07. The second-order valence-corrected chi connectivity index (χ2v) is 4.32. The number of carbonyl (C=O) groups excluding carboxylic acids is 1. The quantitative estimate of drug-likeness (QED) is 0.861. The van der Waals surface area contributed by atoms with Gasteiger partial charge in [-0.2, -0.15) is 0 Å². The van der Waals surface area contributed by atoms with E-state index in [1.165, 1.54) is 11.3 Å². The molecule has 1 aromatic heterocycles. The van der Waals surface area contributed by atoms with Crippen LogP contribution < -0.4 is 5.32 Å². The number of rotatable bonds is 4. The summed E-state index contributed by atoms with van der Waals surface area (Å²) in [6.07, 6.45) is -0.0749. The van der Waals surface area contributed by atoms with Gasteiger partial charge in [0.25, 0.3) is 5.91 Å². The fourth-order valence-corrected chi connectivity index (χ4v) is 2.10. The molecule has 0 saturated heterocycles. The van der Waals surface area contributed by atoms with E-state index < -0.39 is 5.97 Å². The molecule has 0 aliphatic heterocycles. The number of carbonyl (C=O) groups is 2. The monoisotopic (exact) mass is 250 g/mol. The lowest BCUT2D eigenvalue weighted by atomic mass is 10.2. The Kier molecular flexibility index (Phi) is 3.34. The molecule has 2 N–H and O–H groups in total. The summed E-state index contributed by atoms with van der Waals surface area (Å²) in [4.78, 5) is 26.1. The van der Waals surface area contributed by atoms with Crippen molar-refractivity contribution in [2.45, 2.75) is 6.42 Å². The number of carboxylic acids is 1. The first-order valence-electron chi connectivity index (χ1n) is 5.00. The first-order valence-corrected chi connectivity index (χ1v) is 5.88. The molecular weight excluding hydrogens is 240 g/mol. The van der Waals surface area contributed by atoms with E-state index in [1.807, 2.05) is 0 Å². The molecular formula is C11H10N2O3S. The fraction of sp³-hybridized carbons (Fsp3) is 0.182. The van der Waals surface area contributed by atoms with Gasteiger partial charge >= 0.3 is 5.97 Å². The van der Waals surface area contributed by atoms with Crippen LogP contribution in [0.3, 0.4) is 0 Å². The SMILES string of the molecule is O=C(O)CCNC(=O)c1ccc2ncsc2c1. The molecule has 0 atom stereocenters. The zero-order valence-electron chi connectivity index (χ0n) is 8.84. The van der Waals surface area contributed by atoms with Gasteiger partial charge in [0, 0.05) is 12.1 Å². The molecule has 2 rings (SSSR count). The lowest BCUT2D eigenvalue weighted by Crippen LogP contribution is -2.25. The summed E-state index contributed by atoms with van der Waals surface area (Å²) >= 11 is 1.46. The summed E-state index contributed by atoms with van der Waals surface area (Å²) in [5.74, 6) is -1.19. The van der Waals surface area contributed by atoms with Crippen LogP contribution >= 0.6 is 11.3 Å². The average molecular weight is 250 g/mol. The highest BCUT2D eigenvalue weighted by molar-refractivity contribution is 7.16. The first kappa shape index (κ1) is 11.5. The number of hydrogen-bond acceptors (Lipinski definition) is 4. The molecule has 6 heteroatoms. The van der Waals surface area contributed by atoms with E-state index in [4.69, 9.17) is 5.11 Å². The number of benzene rings is 1. The molecule has 0 saturated carbocycles. The molecule has 0 bridgehead atoms. The third kappa shape index (κ3) is 2.79. The van der Waals surface area contributed by atoms with Gasteiger partial charge in [-0.25, -0.2) is 4.98 Å². The van der Waals surface area contributed by atoms with E-state index in [1.54, 1.807) is 23.7 Å². The van der Waals surface area contributed by atoms with Crippen molar-refractivity contribution in [3.8, 4) is 0 Å². The number of nitrogens with one attached hydrogen (secondary N) is 1. The maximum absolute atomic E-state index is 11.7. The molecule has 5 nitrogen and oxygen atoms in total. The third-order valence-electron chi connectivity index (χ3n) is 2.22. The lowest BCUT2D eigenvalue weighted by Gasteiger charge is -2.03. The van der Waals surface area contributed by atoms with Crippen LogP contribution in [0.2, 0.25) is 0 Å². The van der Waals surface area contributed by atoms with Gasteiger partial charge in [0.1, 0.15) is 0 Å². The van der Waals surface area contributed by atoms with Gasteiger partial charge in [-0.15, -0.1) is 11.3 Å². The number of nitrogens with zero attached hydrogens (tertiary/aromatic N) is 1. The van der Waals surface area contributed by atoms with Crippen LogP contribution in [0.15, 0.2) is 23.7 Å². The van der Waals surface area contributed by atoms with E-state index in [2.05, 4.69) is 10.3 Å². The van der Waals surface area contributed by atoms with E-state index in [9.17, 15) is 9.59 Å². The zero-order valence-corrected chi connectivity index (χ0v) is 9.66. The summed E-state index contributed by atoms with van der Waals surface area (Å²) < 4.78 is 0.941. The van der Waals surface area contributed by atoms with Crippen molar-refractivity contribution in [3.63, 3.8) is 0 Å². The predicted octanol–water partition coefficient (Wildman–Crippen LogP) is 1.50. The molecule has 1 heterocycles. The highest BCUT2D eigenvalue weighted by Crippen LogP contribution is 2.18. The molecule has 0 spiro atoms. The van der Waals surface area contributed by atoms with Crippen molar-refractivity contribution in [1.82, 2.24) is 10.3 Å². The summed E-state index contributed by atoms with van der Waals surface area (Å²) in [6.45, 7) is 0.134. The smallest absolute Gasteiger partial charge is 0.305 e. The maximum atomic E-state index is 11.7. The van der Waals surface area contributed by atoms with Gasteiger partial charge in [-0.3, -0.25) is 9.59 Å². The number of hydrogen-bond donors (Lipinski definition) is 2. The standard InChI is InChI=1S/C11H10N2O3S/c14-10(15)3-4-12-11(16)7-1-2-8-9(5-7)17-6-13-8/h1-2,5-6H,3-4H2,(H,12,16)(H,14,15). The third-order valence-corrected chi connectivity index (χ3v) is 3.01. The first-order chi connectivity index (χ1) is 8.16. The van der Waals surface area contributed by atoms with Crippen LogP contribution in [0.4, 0.5) is 0 Å². The molecule has 2 aromatic rings. The Morgan fingerprint density at radius 2 is 2.24 bits per heavy atom. The lowest BCUT2D eigenvalue weighted by molar-refractivity contribution is -0.136. The minimum atomic E-state index is -0.928. The van der Waals surface area contributed by atoms with Crippen LogP contribution in [-0.4, -0.2) is 28.5 Å². The Morgan fingerprint density at radius 3 is 3.00 bits per heavy atom. The minimum absolute atomic E-state index is 0.0749. The van der Waals surface area contributed by atoms with Crippen molar-refractivity contribution in [3.05, 3.63) is 29.3 Å². The average Bonchev–Trinajstić information content (AvgIpc) is 2.75. The van der Waals surface area contributed by atoms with Crippen molar-refractivity contribution in [2.24, 2.45) is 0 Å². The summed E-state index contributed by atoms with van der Waals surface area (Å²) in [5.41, 5.74) is 3.10. The molecule has 88 valence electrons. The van der Waals surface area contributed by atoms with Crippen LogP contribution in [0.1, 0.15) is 16.8 Å². The minimum Gasteiger partial charge on any atom is -0.481 e. The van der Waals surface area contributed by atoms with E-state index in [-0.39, 0.29) is 18.9 Å². The van der Waals surface area contributed by atoms with Gasteiger partial charge in [0.2, 0.25) is 0 Å². The van der Waals surface area contributed by atoms with Crippen molar-refractivity contribution >= 4 is 33.4 Å². The van der Waals surface area contributed by atoms with Gasteiger partial charge < -0.3 is 10.4 Å².